The van der Waals surface area contributed by atoms with Crippen molar-refractivity contribution in [1.82, 2.24) is 5.32 Å². The zero-order chi connectivity index (χ0) is 8.43. The van der Waals surface area contributed by atoms with Crippen LogP contribution in [0.2, 0.25) is 0 Å². The molecular weight excluding hydrogens is 150 g/mol. The topological polar surface area (TPSA) is 89.8 Å². The molecule has 1 fully saturated rings. The van der Waals surface area contributed by atoms with E-state index in [-0.39, 0.29) is 0 Å². The van der Waals surface area contributed by atoms with Crippen molar-refractivity contribution >= 4 is 5.97 Å². The highest BCUT2D eigenvalue weighted by atomic mass is 16.4. The average Bonchev–Trinajstić information content (AvgIpc) is 1.94. The Morgan fingerprint density at radius 3 is 2.55 bits per heavy atom. The zero-order valence-corrected chi connectivity index (χ0v) is 5.90. The van der Waals surface area contributed by atoms with Crippen molar-refractivity contribution in [2.24, 2.45) is 0 Å². The molecule has 0 amide bonds. The number of hydrogen-bond acceptors (Lipinski definition) is 4. The summed E-state index contributed by atoms with van der Waals surface area (Å²) in [7, 11) is 0. The molecular formula is C6H11NO4. The van der Waals surface area contributed by atoms with E-state index in [0.717, 1.165) is 0 Å². The number of aliphatic carboxylic acids is 1. The summed E-state index contributed by atoms with van der Waals surface area (Å²) < 4.78 is 0. The van der Waals surface area contributed by atoms with Gasteiger partial charge in [0.05, 0.1) is 6.10 Å². The Kier molecular flexibility index (Phi) is 2.43. The predicted molar refractivity (Wildman–Crippen MR) is 36.1 cm³/mol. The maximum Gasteiger partial charge on any atom is 0.323 e. The number of carboxylic acid groups (broad SMARTS) is 1. The molecule has 0 bridgehead atoms. The Balaban J connectivity index is 2.58. The van der Waals surface area contributed by atoms with Crippen LogP contribution >= 0.6 is 0 Å². The second-order valence-corrected chi connectivity index (χ2v) is 2.62. The van der Waals surface area contributed by atoms with Crippen molar-refractivity contribution in [1.29, 1.82) is 0 Å². The fourth-order valence-electron chi connectivity index (χ4n) is 1.13. The Labute approximate surface area is 63.7 Å². The summed E-state index contributed by atoms with van der Waals surface area (Å²) >= 11 is 0. The van der Waals surface area contributed by atoms with Crippen LogP contribution in [0.25, 0.3) is 0 Å². The summed E-state index contributed by atoms with van der Waals surface area (Å²) in [5, 5.41) is 29.2. The van der Waals surface area contributed by atoms with Gasteiger partial charge in [-0.3, -0.25) is 4.79 Å². The lowest BCUT2D eigenvalue weighted by Gasteiger charge is -2.29. The monoisotopic (exact) mass is 161 g/mol. The molecule has 0 saturated carbocycles. The first-order chi connectivity index (χ1) is 5.13. The number of rotatable bonds is 1. The molecule has 1 aliphatic heterocycles. The van der Waals surface area contributed by atoms with Crippen LogP contribution in [0.4, 0.5) is 0 Å². The van der Waals surface area contributed by atoms with Crippen molar-refractivity contribution < 1.29 is 20.1 Å². The van der Waals surface area contributed by atoms with Crippen LogP contribution in [0.5, 0.6) is 0 Å². The standard InChI is InChI=1S/C6H11NO4/c8-3-1-2-7-4(5(3)9)6(10)11/h3-5,7-9H,1-2H2,(H,10,11)/t3-,4+,5+/m1/s1. The Morgan fingerprint density at radius 1 is 1.45 bits per heavy atom. The molecule has 1 aliphatic rings. The van der Waals surface area contributed by atoms with Crippen molar-refractivity contribution in [2.75, 3.05) is 6.54 Å². The molecule has 0 radical (unpaired) electrons. The van der Waals surface area contributed by atoms with E-state index < -0.39 is 24.2 Å². The first-order valence-electron chi connectivity index (χ1n) is 3.45. The van der Waals surface area contributed by atoms with E-state index >= 15 is 0 Å². The molecule has 0 aromatic heterocycles. The van der Waals surface area contributed by atoms with Crippen LogP contribution in [0.15, 0.2) is 0 Å². The predicted octanol–water partition coefficient (Wildman–Crippen LogP) is -1.85. The molecule has 1 saturated heterocycles. The van der Waals surface area contributed by atoms with Crippen molar-refractivity contribution in [3.63, 3.8) is 0 Å². The third kappa shape index (κ3) is 1.68. The maximum absolute atomic E-state index is 10.4. The molecule has 5 nitrogen and oxygen atoms in total. The van der Waals surface area contributed by atoms with Crippen molar-refractivity contribution in [2.45, 2.75) is 24.7 Å². The minimum absolute atomic E-state index is 0.394. The highest BCUT2D eigenvalue weighted by Gasteiger charge is 2.34. The van der Waals surface area contributed by atoms with Gasteiger partial charge in [0.15, 0.2) is 0 Å². The first-order valence-corrected chi connectivity index (χ1v) is 3.45. The Morgan fingerprint density at radius 2 is 2.09 bits per heavy atom. The molecule has 0 aromatic carbocycles. The molecule has 1 rings (SSSR count). The SMILES string of the molecule is O=C(O)[C@H]1NCC[C@@H](O)[C@@H]1O. The normalized spacial score (nSPS) is 38.5. The molecule has 1 heterocycles. The molecule has 0 spiro atoms. The summed E-state index contributed by atoms with van der Waals surface area (Å²) in [5.41, 5.74) is 0. The molecule has 64 valence electrons. The summed E-state index contributed by atoms with van der Waals surface area (Å²) in [6.07, 6.45) is -1.72. The number of hydrogen-bond donors (Lipinski definition) is 4. The van der Waals surface area contributed by atoms with Crippen molar-refractivity contribution in [3.05, 3.63) is 0 Å². The highest BCUT2D eigenvalue weighted by Crippen LogP contribution is 2.09. The lowest BCUT2D eigenvalue weighted by atomic mass is 9.99. The highest BCUT2D eigenvalue weighted by molar-refractivity contribution is 5.74. The third-order valence-corrected chi connectivity index (χ3v) is 1.81. The number of carboxylic acids is 1. The fourth-order valence-corrected chi connectivity index (χ4v) is 1.13. The molecule has 4 N–H and O–H groups in total. The summed E-state index contributed by atoms with van der Waals surface area (Å²) in [6.45, 7) is 0.426. The fraction of sp³-hybridized carbons (Fsp3) is 0.833. The van der Waals surface area contributed by atoms with Crippen LogP contribution in [0.1, 0.15) is 6.42 Å². The van der Waals surface area contributed by atoms with E-state index in [9.17, 15) is 4.79 Å². The second kappa shape index (κ2) is 3.17. The number of nitrogens with one attached hydrogen (secondary N) is 1. The van der Waals surface area contributed by atoms with Gasteiger partial charge < -0.3 is 20.6 Å². The maximum atomic E-state index is 10.4. The van der Waals surface area contributed by atoms with Gasteiger partial charge in [0, 0.05) is 0 Å². The van der Waals surface area contributed by atoms with Gasteiger partial charge in [-0.25, -0.2) is 0 Å². The lowest BCUT2D eigenvalue weighted by molar-refractivity contribution is -0.147. The molecule has 11 heavy (non-hydrogen) atoms. The number of carbonyl (C=O) groups is 1. The summed E-state index contributed by atoms with van der Waals surface area (Å²) in [5.74, 6) is -1.13. The van der Waals surface area contributed by atoms with Gasteiger partial charge in [-0.05, 0) is 13.0 Å². The average molecular weight is 161 g/mol. The molecule has 0 unspecified atom stereocenters. The van der Waals surface area contributed by atoms with E-state index in [4.69, 9.17) is 15.3 Å². The molecule has 0 aliphatic carbocycles. The minimum Gasteiger partial charge on any atom is -0.480 e. The van der Waals surface area contributed by atoms with Gasteiger partial charge in [0.25, 0.3) is 0 Å². The van der Waals surface area contributed by atoms with E-state index in [1.807, 2.05) is 0 Å². The van der Waals surface area contributed by atoms with E-state index in [2.05, 4.69) is 5.32 Å². The van der Waals surface area contributed by atoms with E-state index in [1.165, 1.54) is 0 Å². The van der Waals surface area contributed by atoms with Crippen molar-refractivity contribution in [3.8, 4) is 0 Å². The number of piperidine rings is 1. The van der Waals surface area contributed by atoms with Gasteiger partial charge >= 0.3 is 5.97 Å². The van der Waals surface area contributed by atoms with Gasteiger partial charge in [0.2, 0.25) is 0 Å². The van der Waals surface area contributed by atoms with E-state index in [1.54, 1.807) is 0 Å². The van der Waals surface area contributed by atoms with Crippen LogP contribution in [-0.2, 0) is 4.79 Å². The zero-order valence-electron chi connectivity index (χ0n) is 5.90. The molecule has 3 atom stereocenters. The van der Waals surface area contributed by atoms with Crippen LogP contribution in [0, 0.1) is 0 Å². The number of aliphatic hydroxyl groups is 2. The van der Waals surface area contributed by atoms with Crippen LogP contribution in [0.3, 0.4) is 0 Å². The smallest absolute Gasteiger partial charge is 0.323 e. The Hall–Kier alpha value is -0.650. The minimum atomic E-state index is -1.19. The van der Waals surface area contributed by atoms with Gasteiger partial charge in [-0.2, -0.15) is 0 Å². The van der Waals surface area contributed by atoms with E-state index in [0.29, 0.717) is 13.0 Å². The van der Waals surface area contributed by atoms with Gasteiger partial charge in [-0.1, -0.05) is 0 Å². The third-order valence-electron chi connectivity index (χ3n) is 1.81. The van der Waals surface area contributed by atoms with Gasteiger partial charge in [-0.15, -0.1) is 0 Å². The lowest BCUT2D eigenvalue weighted by Crippen LogP contribution is -2.56. The molecule has 5 heteroatoms. The number of aliphatic hydroxyl groups excluding tert-OH is 2. The first kappa shape index (κ1) is 8.45. The van der Waals surface area contributed by atoms with Crippen LogP contribution < -0.4 is 5.32 Å². The summed E-state index contributed by atoms with van der Waals surface area (Å²) in [6, 6.07) is -1.03. The van der Waals surface area contributed by atoms with Gasteiger partial charge in [0.1, 0.15) is 12.1 Å². The summed E-state index contributed by atoms with van der Waals surface area (Å²) in [4.78, 5) is 10.4. The largest absolute Gasteiger partial charge is 0.480 e. The second-order valence-electron chi connectivity index (χ2n) is 2.62. The van der Waals surface area contributed by atoms with Crippen LogP contribution in [-0.4, -0.2) is 46.1 Å². The molecule has 0 aromatic rings. The Bertz CT molecular complexity index is 161. The quantitative estimate of drug-likeness (QED) is 0.362.